The molecule has 3 heterocycles. The van der Waals surface area contributed by atoms with Crippen molar-refractivity contribution in [1.82, 2.24) is 19.7 Å². The van der Waals surface area contributed by atoms with Crippen molar-refractivity contribution in [2.45, 2.75) is 18.8 Å². The highest BCUT2D eigenvalue weighted by Crippen LogP contribution is 2.32. The van der Waals surface area contributed by atoms with Crippen LogP contribution < -0.4 is 5.32 Å². The normalized spacial score (nSPS) is 13.0. The van der Waals surface area contributed by atoms with Crippen molar-refractivity contribution in [3.05, 3.63) is 90.3 Å². The van der Waals surface area contributed by atoms with Crippen molar-refractivity contribution in [2.24, 2.45) is 0 Å². The van der Waals surface area contributed by atoms with Gasteiger partial charge in [-0.3, -0.25) is 14.7 Å². The third-order valence-electron chi connectivity index (χ3n) is 4.51. The van der Waals surface area contributed by atoms with Gasteiger partial charge in [0.2, 0.25) is 0 Å². The molecule has 3 aromatic heterocycles. The average molecular weight is 400 g/mol. The minimum atomic E-state index is -4.51. The zero-order valence-electron chi connectivity index (χ0n) is 15.1. The lowest BCUT2D eigenvalue weighted by Gasteiger charge is -2.20. The number of rotatable bonds is 5. The van der Waals surface area contributed by atoms with Gasteiger partial charge in [0.15, 0.2) is 0 Å². The average Bonchev–Trinajstić information content (AvgIpc) is 3.07. The molecule has 8 heteroatoms. The van der Waals surface area contributed by atoms with Crippen molar-refractivity contribution in [3.63, 3.8) is 0 Å². The molecule has 0 aliphatic heterocycles. The van der Waals surface area contributed by atoms with Gasteiger partial charge in [0.05, 0.1) is 16.9 Å². The van der Waals surface area contributed by atoms with Gasteiger partial charge in [0.1, 0.15) is 17.7 Å². The second-order valence-corrected chi connectivity index (χ2v) is 6.46. The van der Waals surface area contributed by atoms with E-state index >= 15 is 0 Å². The summed E-state index contributed by atoms with van der Waals surface area (Å²) in [6.45, 7) is -0.116. The molecule has 0 saturated carbocycles. The van der Waals surface area contributed by atoms with Crippen molar-refractivity contribution < 1.29 is 17.6 Å². The molecular weight excluding hydrogens is 384 g/mol. The van der Waals surface area contributed by atoms with Gasteiger partial charge < -0.3 is 0 Å². The Balaban J connectivity index is 1.68. The quantitative estimate of drug-likeness (QED) is 0.483. The minimum absolute atomic E-state index is 0.109. The molecule has 1 unspecified atom stereocenters. The number of pyridine rings is 2. The molecule has 0 spiro atoms. The fourth-order valence-electron chi connectivity index (χ4n) is 3.17. The summed E-state index contributed by atoms with van der Waals surface area (Å²) < 4.78 is 55.7. The van der Waals surface area contributed by atoms with Crippen LogP contribution in [0.15, 0.2) is 73.1 Å². The van der Waals surface area contributed by atoms with Crippen LogP contribution in [0.3, 0.4) is 0 Å². The van der Waals surface area contributed by atoms with Crippen molar-refractivity contribution in [2.75, 3.05) is 0 Å². The van der Waals surface area contributed by atoms with Gasteiger partial charge in [0, 0.05) is 24.5 Å². The first-order valence-electron chi connectivity index (χ1n) is 8.86. The number of hydrogen-bond acceptors (Lipinski definition) is 3. The largest absolute Gasteiger partial charge is 0.409 e. The Kier molecular flexibility index (Phi) is 5.02. The van der Waals surface area contributed by atoms with Gasteiger partial charge in [-0.1, -0.05) is 12.1 Å². The van der Waals surface area contributed by atoms with E-state index < -0.39 is 12.2 Å². The predicted molar refractivity (Wildman–Crippen MR) is 100 cm³/mol. The lowest BCUT2D eigenvalue weighted by Crippen LogP contribution is -2.34. The van der Waals surface area contributed by atoms with E-state index in [1.54, 1.807) is 47.0 Å². The lowest BCUT2D eigenvalue weighted by molar-refractivity contribution is -0.159. The summed E-state index contributed by atoms with van der Waals surface area (Å²) in [5, 5.41) is 2.53. The first-order chi connectivity index (χ1) is 13.9. The highest BCUT2D eigenvalue weighted by Gasteiger charge is 2.41. The molecular formula is C21H16F4N4. The van der Waals surface area contributed by atoms with E-state index in [0.717, 1.165) is 0 Å². The molecule has 0 saturated heterocycles. The number of hydrogen-bond donors (Lipinski definition) is 1. The number of halogens is 4. The molecule has 1 aromatic carbocycles. The van der Waals surface area contributed by atoms with Crippen LogP contribution in [0.1, 0.15) is 17.4 Å². The van der Waals surface area contributed by atoms with Crippen LogP contribution in [-0.2, 0) is 6.54 Å². The number of nitrogens with zero attached hydrogens (tertiary/aromatic N) is 3. The Labute approximate surface area is 163 Å². The third-order valence-corrected chi connectivity index (χ3v) is 4.51. The van der Waals surface area contributed by atoms with E-state index in [9.17, 15) is 17.6 Å². The maximum Gasteiger partial charge on any atom is 0.409 e. The molecule has 1 N–H and O–H groups in total. The Hall–Kier alpha value is -3.26. The molecule has 0 bridgehead atoms. The number of nitrogens with one attached hydrogen (secondary N) is 1. The molecule has 4 rings (SSSR count). The monoisotopic (exact) mass is 400 g/mol. The maximum atomic E-state index is 13.6. The Morgan fingerprint density at radius 2 is 1.72 bits per heavy atom. The van der Waals surface area contributed by atoms with Crippen molar-refractivity contribution in [1.29, 1.82) is 0 Å². The van der Waals surface area contributed by atoms with Crippen LogP contribution >= 0.6 is 0 Å². The first kappa shape index (κ1) is 19.1. The summed E-state index contributed by atoms with van der Waals surface area (Å²) in [6.07, 6.45) is -1.41. The predicted octanol–water partition coefficient (Wildman–Crippen LogP) is 4.93. The highest BCUT2D eigenvalue weighted by molar-refractivity contribution is 5.65. The molecule has 0 radical (unpaired) electrons. The van der Waals surface area contributed by atoms with E-state index in [0.29, 0.717) is 22.6 Å². The van der Waals surface area contributed by atoms with Gasteiger partial charge in [0.25, 0.3) is 0 Å². The van der Waals surface area contributed by atoms with Gasteiger partial charge in [-0.05, 0) is 48.5 Å². The van der Waals surface area contributed by atoms with E-state index in [-0.39, 0.29) is 18.1 Å². The Bertz CT molecular complexity index is 1110. The smallest absolute Gasteiger partial charge is 0.299 e. The molecule has 4 aromatic rings. The number of alkyl halides is 3. The van der Waals surface area contributed by atoms with Gasteiger partial charge in [-0.2, -0.15) is 13.2 Å². The summed E-state index contributed by atoms with van der Waals surface area (Å²) in [4.78, 5) is 8.36. The fourth-order valence-corrected chi connectivity index (χ4v) is 3.17. The SMILES string of the molecule is Fc1ccc(-c2nc(CNC(c3ccccn3)C(F)(F)F)c3ccccn23)cc1. The molecule has 0 amide bonds. The van der Waals surface area contributed by atoms with Crippen LogP contribution in [0.2, 0.25) is 0 Å². The first-order valence-corrected chi connectivity index (χ1v) is 8.86. The molecule has 0 fully saturated rings. The molecule has 148 valence electrons. The van der Waals surface area contributed by atoms with Crippen molar-refractivity contribution in [3.8, 4) is 11.4 Å². The number of imidazole rings is 1. The van der Waals surface area contributed by atoms with Crippen molar-refractivity contribution >= 4 is 5.52 Å². The molecule has 4 nitrogen and oxygen atoms in total. The number of aromatic nitrogens is 3. The number of benzene rings is 1. The van der Waals surface area contributed by atoms with Crippen LogP contribution in [0.25, 0.3) is 16.9 Å². The summed E-state index contributed by atoms with van der Waals surface area (Å²) in [7, 11) is 0. The number of fused-ring (bicyclic) bond motifs is 1. The zero-order chi connectivity index (χ0) is 20.4. The van der Waals surface area contributed by atoms with Crippen LogP contribution in [0.4, 0.5) is 17.6 Å². The topological polar surface area (TPSA) is 42.2 Å². The lowest BCUT2D eigenvalue weighted by atomic mass is 10.1. The second kappa shape index (κ2) is 7.63. The minimum Gasteiger partial charge on any atom is -0.299 e. The Morgan fingerprint density at radius 3 is 2.41 bits per heavy atom. The summed E-state index contributed by atoms with van der Waals surface area (Å²) in [5.41, 5.74) is 1.68. The fraction of sp³-hybridized carbons (Fsp3) is 0.143. The van der Waals surface area contributed by atoms with Crippen LogP contribution in [0, 0.1) is 5.82 Å². The second-order valence-electron chi connectivity index (χ2n) is 6.46. The molecule has 29 heavy (non-hydrogen) atoms. The van der Waals surface area contributed by atoms with Crippen LogP contribution in [0.5, 0.6) is 0 Å². The summed E-state index contributed by atoms with van der Waals surface area (Å²) in [5.74, 6) is 0.152. The van der Waals surface area contributed by atoms with Gasteiger partial charge in [-0.15, -0.1) is 0 Å². The third kappa shape index (κ3) is 3.97. The van der Waals surface area contributed by atoms with E-state index in [2.05, 4.69) is 15.3 Å². The van der Waals surface area contributed by atoms with Crippen LogP contribution in [-0.4, -0.2) is 20.5 Å². The Morgan fingerprint density at radius 1 is 0.966 bits per heavy atom. The maximum absolute atomic E-state index is 13.6. The summed E-state index contributed by atoms with van der Waals surface area (Å²) >= 11 is 0. The molecule has 0 aliphatic rings. The molecule has 1 atom stereocenters. The van der Waals surface area contributed by atoms with E-state index in [4.69, 9.17) is 0 Å². The van der Waals surface area contributed by atoms with Gasteiger partial charge in [-0.25, -0.2) is 9.37 Å². The highest BCUT2D eigenvalue weighted by atomic mass is 19.4. The van der Waals surface area contributed by atoms with Gasteiger partial charge >= 0.3 is 6.18 Å². The zero-order valence-corrected chi connectivity index (χ0v) is 15.1. The molecule has 0 aliphatic carbocycles. The van der Waals surface area contributed by atoms with E-state index in [1.807, 2.05) is 0 Å². The van der Waals surface area contributed by atoms with E-state index in [1.165, 1.54) is 30.5 Å². The standard InChI is InChI=1S/C21H16F4N4/c22-15-9-7-14(8-10-15)20-28-17(18-6-2-4-12-29(18)20)13-27-19(21(23,24)25)16-5-1-3-11-26-16/h1-12,19,27H,13H2. The summed E-state index contributed by atoms with van der Waals surface area (Å²) in [6, 6.07) is 13.7.